The van der Waals surface area contributed by atoms with Crippen LogP contribution in [0.3, 0.4) is 0 Å². The van der Waals surface area contributed by atoms with Gasteiger partial charge in [-0.25, -0.2) is 0 Å². The first-order chi connectivity index (χ1) is 6.72. The summed E-state index contributed by atoms with van der Waals surface area (Å²) < 4.78 is 5.79. The van der Waals surface area contributed by atoms with Crippen molar-refractivity contribution in [3.63, 3.8) is 0 Å². The summed E-state index contributed by atoms with van der Waals surface area (Å²) in [6.45, 7) is 7.81. The van der Waals surface area contributed by atoms with Crippen molar-refractivity contribution in [1.82, 2.24) is 0 Å². The van der Waals surface area contributed by atoms with Gasteiger partial charge in [0, 0.05) is 6.61 Å². The predicted molar refractivity (Wildman–Crippen MR) is 61.4 cm³/mol. The van der Waals surface area contributed by atoms with Crippen LogP contribution in [0.5, 0.6) is 0 Å². The molecule has 14 heavy (non-hydrogen) atoms. The van der Waals surface area contributed by atoms with Crippen LogP contribution in [-0.4, -0.2) is 12.7 Å². The second-order valence-corrected chi connectivity index (χ2v) is 5.14. The lowest BCUT2D eigenvalue weighted by molar-refractivity contribution is 0.0164. The van der Waals surface area contributed by atoms with E-state index in [0.717, 1.165) is 24.9 Å². The summed E-state index contributed by atoms with van der Waals surface area (Å²) in [5, 5.41) is 0. The topological polar surface area (TPSA) is 9.23 Å². The van der Waals surface area contributed by atoms with E-state index >= 15 is 0 Å². The first-order valence-corrected chi connectivity index (χ1v) is 6.34. The summed E-state index contributed by atoms with van der Waals surface area (Å²) in [6.07, 6.45) is 8.55. The van der Waals surface area contributed by atoms with Crippen LogP contribution in [0.25, 0.3) is 0 Å². The zero-order valence-electron chi connectivity index (χ0n) is 10.1. The monoisotopic (exact) mass is 198 g/mol. The third kappa shape index (κ3) is 4.45. The molecule has 1 aliphatic carbocycles. The molecule has 1 saturated carbocycles. The minimum absolute atomic E-state index is 0.582. The van der Waals surface area contributed by atoms with Gasteiger partial charge in [-0.1, -0.05) is 20.8 Å². The molecule has 0 aromatic heterocycles. The number of hydrogen-bond donors (Lipinski definition) is 0. The molecule has 1 rings (SSSR count). The van der Waals surface area contributed by atoms with Gasteiger partial charge >= 0.3 is 0 Å². The van der Waals surface area contributed by atoms with Gasteiger partial charge in [-0.2, -0.15) is 0 Å². The fraction of sp³-hybridized carbons (Fsp3) is 1.00. The summed E-state index contributed by atoms with van der Waals surface area (Å²) in [7, 11) is 0. The lowest BCUT2D eigenvalue weighted by Gasteiger charge is -2.29. The summed E-state index contributed by atoms with van der Waals surface area (Å²) in [6, 6.07) is 0. The fourth-order valence-corrected chi connectivity index (χ4v) is 2.49. The van der Waals surface area contributed by atoms with Gasteiger partial charge in [0.1, 0.15) is 0 Å². The van der Waals surface area contributed by atoms with Gasteiger partial charge in [-0.05, 0) is 50.4 Å². The van der Waals surface area contributed by atoms with Crippen LogP contribution in [0.15, 0.2) is 0 Å². The smallest absolute Gasteiger partial charge is 0.0575 e. The second kappa shape index (κ2) is 6.44. The summed E-state index contributed by atoms with van der Waals surface area (Å²) in [5.41, 5.74) is 0. The van der Waals surface area contributed by atoms with Crippen molar-refractivity contribution in [2.75, 3.05) is 6.61 Å². The molecule has 0 atom stereocenters. The highest BCUT2D eigenvalue weighted by molar-refractivity contribution is 4.73. The lowest BCUT2D eigenvalue weighted by atomic mass is 9.82. The molecule has 0 aromatic rings. The fourth-order valence-electron chi connectivity index (χ4n) is 2.49. The minimum atomic E-state index is 0.582. The molecule has 0 unspecified atom stereocenters. The molecular formula is C13H26O. The van der Waals surface area contributed by atoms with E-state index in [9.17, 15) is 0 Å². The van der Waals surface area contributed by atoms with Crippen LogP contribution in [0.2, 0.25) is 0 Å². The number of rotatable bonds is 5. The van der Waals surface area contributed by atoms with E-state index in [-0.39, 0.29) is 0 Å². The standard InChI is InChI=1S/C13H26O/c1-4-9-14-13-7-5-12(6-8-13)10-11(2)3/h11-13H,4-10H2,1-3H3. The summed E-state index contributed by atoms with van der Waals surface area (Å²) in [4.78, 5) is 0. The van der Waals surface area contributed by atoms with Crippen molar-refractivity contribution < 1.29 is 4.74 Å². The molecule has 0 aromatic carbocycles. The Bertz CT molecular complexity index is 134. The molecule has 84 valence electrons. The largest absolute Gasteiger partial charge is 0.378 e. The zero-order chi connectivity index (χ0) is 10.4. The van der Waals surface area contributed by atoms with Gasteiger partial charge in [0.2, 0.25) is 0 Å². The van der Waals surface area contributed by atoms with Gasteiger partial charge < -0.3 is 4.74 Å². The third-order valence-corrected chi connectivity index (χ3v) is 3.16. The third-order valence-electron chi connectivity index (χ3n) is 3.16. The Morgan fingerprint density at radius 1 is 1.14 bits per heavy atom. The van der Waals surface area contributed by atoms with E-state index in [2.05, 4.69) is 20.8 Å². The van der Waals surface area contributed by atoms with E-state index < -0.39 is 0 Å². The Labute approximate surface area is 89.2 Å². The molecule has 0 bridgehead atoms. The van der Waals surface area contributed by atoms with Crippen LogP contribution in [0.4, 0.5) is 0 Å². The van der Waals surface area contributed by atoms with Crippen molar-refractivity contribution in [3.05, 3.63) is 0 Å². The Balaban J connectivity index is 2.11. The first-order valence-electron chi connectivity index (χ1n) is 6.34. The molecule has 0 radical (unpaired) electrons. The highest BCUT2D eigenvalue weighted by atomic mass is 16.5. The van der Waals surface area contributed by atoms with Gasteiger partial charge in [-0.3, -0.25) is 0 Å². The first kappa shape index (κ1) is 12.0. The predicted octanol–water partition coefficient (Wildman–Crippen LogP) is 4.02. The normalized spacial score (nSPS) is 28.3. The average Bonchev–Trinajstić information content (AvgIpc) is 2.16. The molecule has 0 amide bonds. The molecule has 0 spiro atoms. The van der Waals surface area contributed by atoms with Crippen LogP contribution >= 0.6 is 0 Å². The number of ether oxygens (including phenoxy) is 1. The molecule has 0 saturated heterocycles. The maximum absolute atomic E-state index is 5.79. The summed E-state index contributed by atoms with van der Waals surface area (Å²) >= 11 is 0. The van der Waals surface area contributed by atoms with Crippen molar-refractivity contribution in [1.29, 1.82) is 0 Å². The molecule has 1 nitrogen and oxygen atoms in total. The lowest BCUT2D eigenvalue weighted by Crippen LogP contribution is -2.22. The van der Waals surface area contributed by atoms with Crippen molar-refractivity contribution in [2.45, 2.75) is 65.4 Å². The molecule has 0 aliphatic heterocycles. The summed E-state index contributed by atoms with van der Waals surface area (Å²) in [5.74, 6) is 1.85. The van der Waals surface area contributed by atoms with Gasteiger partial charge in [0.05, 0.1) is 6.10 Å². The van der Waals surface area contributed by atoms with Crippen LogP contribution in [0.1, 0.15) is 59.3 Å². The second-order valence-electron chi connectivity index (χ2n) is 5.14. The minimum Gasteiger partial charge on any atom is -0.378 e. The molecule has 0 N–H and O–H groups in total. The van der Waals surface area contributed by atoms with Crippen molar-refractivity contribution in [3.8, 4) is 0 Å². The van der Waals surface area contributed by atoms with Crippen LogP contribution < -0.4 is 0 Å². The van der Waals surface area contributed by atoms with Crippen molar-refractivity contribution in [2.24, 2.45) is 11.8 Å². The Kier molecular flexibility index (Phi) is 5.54. The Hall–Kier alpha value is -0.0400. The van der Waals surface area contributed by atoms with Crippen molar-refractivity contribution >= 4 is 0 Å². The maximum Gasteiger partial charge on any atom is 0.0575 e. The number of hydrogen-bond acceptors (Lipinski definition) is 1. The van der Waals surface area contributed by atoms with Crippen LogP contribution in [-0.2, 0) is 4.74 Å². The van der Waals surface area contributed by atoms with Gasteiger partial charge in [0.15, 0.2) is 0 Å². The van der Waals surface area contributed by atoms with E-state index in [1.54, 1.807) is 0 Å². The Morgan fingerprint density at radius 2 is 1.79 bits per heavy atom. The van der Waals surface area contributed by atoms with E-state index in [4.69, 9.17) is 4.74 Å². The zero-order valence-corrected chi connectivity index (χ0v) is 10.1. The molecule has 0 heterocycles. The Morgan fingerprint density at radius 3 is 2.29 bits per heavy atom. The molecule has 1 aliphatic rings. The maximum atomic E-state index is 5.79. The van der Waals surface area contributed by atoms with E-state index in [0.29, 0.717) is 6.10 Å². The molecule has 1 fully saturated rings. The van der Waals surface area contributed by atoms with Gasteiger partial charge in [0.25, 0.3) is 0 Å². The van der Waals surface area contributed by atoms with E-state index in [1.807, 2.05) is 0 Å². The molecule has 1 heteroatoms. The quantitative estimate of drug-likeness (QED) is 0.648. The van der Waals surface area contributed by atoms with Gasteiger partial charge in [-0.15, -0.1) is 0 Å². The molecular weight excluding hydrogens is 172 g/mol. The average molecular weight is 198 g/mol. The van der Waals surface area contributed by atoms with E-state index in [1.165, 1.54) is 32.1 Å². The highest BCUT2D eigenvalue weighted by Gasteiger charge is 2.21. The SMILES string of the molecule is CCCOC1CCC(CC(C)C)CC1. The highest BCUT2D eigenvalue weighted by Crippen LogP contribution is 2.30. The van der Waals surface area contributed by atoms with Crippen LogP contribution in [0, 0.1) is 11.8 Å².